The lowest BCUT2D eigenvalue weighted by atomic mass is 9.91. The number of nitrogens with zero attached hydrogens (tertiary/aromatic N) is 2. The number of hydrogen-bond donors (Lipinski definition) is 1. The number of aromatic nitrogens is 2. The van der Waals surface area contributed by atoms with Crippen molar-refractivity contribution >= 4 is 0 Å². The van der Waals surface area contributed by atoms with Gasteiger partial charge in [0.1, 0.15) is 0 Å². The minimum absolute atomic E-state index is 0.536. The van der Waals surface area contributed by atoms with Gasteiger partial charge in [-0.15, -0.1) is 0 Å². The van der Waals surface area contributed by atoms with Crippen molar-refractivity contribution in [3.8, 4) is 11.1 Å². The van der Waals surface area contributed by atoms with E-state index in [0.717, 1.165) is 18.5 Å². The molecule has 2 aromatic rings. The summed E-state index contributed by atoms with van der Waals surface area (Å²) in [4.78, 5) is 0. The van der Waals surface area contributed by atoms with Crippen LogP contribution in [-0.4, -0.2) is 22.9 Å². The van der Waals surface area contributed by atoms with E-state index >= 15 is 0 Å². The highest BCUT2D eigenvalue weighted by atomic mass is 15.3. The summed E-state index contributed by atoms with van der Waals surface area (Å²) in [7, 11) is 4.04. The second-order valence-electron chi connectivity index (χ2n) is 6.00. The van der Waals surface area contributed by atoms with Crippen molar-refractivity contribution in [3.63, 3.8) is 0 Å². The Hall–Kier alpha value is -1.61. The zero-order chi connectivity index (χ0) is 15.6. The van der Waals surface area contributed by atoms with Crippen LogP contribution in [0.1, 0.15) is 35.9 Å². The Morgan fingerprint density at radius 2 is 1.95 bits per heavy atom. The molecule has 114 valence electrons. The summed E-state index contributed by atoms with van der Waals surface area (Å²) in [5.74, 6) is 0. The first kappa shape index (κ1) is 15.8. The molecule has 1 heterocycles. The average Bonchev–Trinajstić information content (AvgIpc) is 2.70. The molecule has 21 heavy (non-hydrogen) atoms. The van der Waals surface area contributed by atoms with Gasteiger partial charge in [-0.25, -0.2) is 0 Å². The fraction of sp³-hybridized carbons (Fsp3) is 0.500. The maximum Gasteiger partial charge on any atom is 0.0674 e. The van der Waals surface area contributed by atoms with Crippen LogP contribution in [-0.2, 0) is 13.5 Å². The first-order valence-corrected chi connectivity index (χ1v) is 7.72. The van der Waals surface area contributed by atoms with Crippen molar-refractivity contribution in [2.75, 3.05) is 7.05 Å². The molecule has 1 unspecified atom stereocenters. The minimum Gasteiger partial charge on any atom is -0.317 e. The Kier molecular flexibility index (Phi) is 4.84. The SMILES string of the molecule is CNC(C)CCc1c(C)cccc1-c1c(C)nn(C)c1C. The Labute approximate surface area is 128 Å². The summed E-state index contributed by atoms with van der Waals surface area (Å²) in [6.07, 6.45) is 2.24. The fourth-order valence-electron chi connectivity index (χ4n) is 2.94. The van der Waals surface area contributed by atoms with Gasteiger partial charge in [-0.3, -0.25) is 4.68 Å². The predicted molar refractivity (Wildman–Crippen MR) is 89.7 cm³/mol. The Bertz CT molecular complexity index is 626. The lowest BCUT2D eigenvalue weighted by molar-refractivity contribution is 0.565. The maximum absolute atomic E-state index is 4.57. The third-order valence-electron chi connectivity index (χ3n) is 4.51. The van der Waals surface area contributed by atoms with E-state index in [1.54, 1.807) is 0 Å². The average molecular weight is 285 g/mol. The zero-order valence-electron chi connectivity index (χ0n) is 14.1. The minimum atomic E-state index is 0.536. The van der Waals surface area contributed by atoms with E-state index in [1.165, 1.54) is 27.9 Å². The highest BCUT2D eigenvalue weighted by Gasteiger charge is 2.16. The molecular weight excluding hydrogens is 258 g/mol. The number of rotatable bonds is 5. The van der Waals surface area contributed by atoms with Crippen molar-refractivity contribution in [2.45, 2.75) is 46.6 Å². The summed E-state index contributed by atoms with van der Waals surface area (Å²) >= 11 is 0. The van der Waals surface area contributed by atoms with Crippen LogP contribution >= 0.6 is 0 Å². The third-order valence-corrected chi connectivity index (χ3v) is 4.51. The van der Waals surface area contributed by atoms with Gasteiger partial charge in [-0.1, -0.05) is 18.2 Å². The molecular formula is C18H27N3. The smallest absolute Gasteiger partial charge is 0.0674 e. The molecule has 3 heteroatoms. The van der Waals surface area contributed by atoms with E-state index in [2.05, 4.69) is 56.3 Å². The number of nitrogens with one attached hydrogen (secondary N) is 1. The van der Waals surface area contributed by atoms with Crippen molar-refractivity contribution < 1.29 is 0 Å². The molecule has 0 fully saturated rings. The standard InChI is InChI=1S/C18H27N3/c1-12-8-7-9-17(16(12)11-10-13(2)19-5)18-14(3)20-21(6)15(18)4/h7-9,13,19H,10-11H2,1-6H3. The number of aryl methyl sites for hydroxylation is 3. The van der Waals surface area contributed by atoms with E-state index in [1.807, 2.05) is 18.8 Å². The maximum atomic E-state index is 4.57. The van der Waals surface area contributed by atoms with Crippen LogP contribution < -0.4 is 5.32 Å². The summed E-state index contributed by atoms with van der Waals surface area (Å²) in [5, 5.41) is 7.90. The van der Waals surface area contributed by atoms with Gasteiger partial charge >= 0.3 is 0 Å². The van der Waals surface area contributed by atoms with Gasteiger partial charge in [0, 0.05) is 24.3 Å². The largest absolute Gasteiger partial charge is 0.317 e. The molecule has 2 rings (SSSR count). The van der Waals surface area contributed by atoms with Crippen LogP contribution in [0.3, 0.4) is 0 Å². The molecule has 0 spiro atoms. The van der Waals surface area contributed by atoms with E-state index in [0.29, 0.717) is 6.04 Å². The van der Waals surface area contributed by atoms with E-state index < -0.39 is 0 Å². The van der Waals surface area contributed by atoms with Crippen molar-refractivity contribution in [2.24, 2.45) is 7.05 Å². The molecule has 0 radical (unpaired) electrons. The van der Waals surface area contributed by atoms with Crippen LogP contribution in [0.2, 0.25) is 0 Å². The Balaban J connectivity index is 2.46. The van der Waals surface area contributed by atoms with Crippen LogP contribution in [0.25, 0.3) is 11.1 Å². The van der Waals surface area contributed by atoms with Gasteiger partial charge in [0.05, 0.1) is 5.69 Å². The lowest BCUT2D eigenvalue weighted by Crippen LogP contribution is -2.21. The van der Waals surface area contributed by atoms with Crippen LogP contribution in [0.5, 0.6) is 0 Å². The first-order valence-electron chi connectivity index (χ1n) is 7.72. The fourth-order valence-corrected chi connectivity index (χ4v) is 2.94. The van der Waals surface area contributed by atoms with Gasteiger partial charge in [0.25, 0.3) is 0 Å². The highest BCUT2D eigenvalue weighted by Crippen LogP contribution is 2.32. The van der Waals surface area contributed by atoms with Gasteiger partial charge < -0.3 is 5.32 Å². The molecule has 1 aromatic heterocycles. The summed E-state index contributed by atoms with van der Waals surface area (Å²) < 4.78 is 1.98. The summed E-state index contributed by atoms with van der Waals surface area (Å²) in [6.45, 7) is 8.70. The van der Waals surface area contributed by atoms with Crippen LogP contribution in [0.4, 0.5) is 0 Å². The molecule has 0 aliphatic rings. The normalized spacial score (nSPS) is 12.7. The topological polar surface area (TPSA) is 29.9 Å². The molecule has 0 bridgehead atoms. The second-order valence-corrected chi connectivity index (χ2v) is 6.00. The van der Waals surface area contributed by atoms with E-state index in [9.17, 15) is 0 Å². The molecule has 0 saturated heterocycles. The monoisotopic (exact) mass is 285 g/mol. The predicted octanol–water partition coefficient (Wildman–Crippen LogP) is 3.55. The summed E-state index contributed by atoms with van der Waals surface area (Å²) in [6, 6.07) is 7.14. The van der Waals surface area contributed by atoms with Crippen LogP contribution in [0.15, 0.2) is 18.2 Å². The van der Waals surface area contributed by atoms with Gasteiger partial charge in [0.15, 0.2) is 0 Å². The quantitative estimate of drug-likeness (QED) is 0.910. The van der Waals surface area contributed by atoms with E-state index in [-0.39, 0.29) is 0 Å². The van der Waals surface area contributed by atoms with Gasteiger partial charge in [-0.2, -0.15) is 5.10 Å². The van der Waals surface area contributed by atoms with Gasteiger partial charge in [0.2, 0.25) is 0 Å². The van der Waals surface area contributed by atoms with E-state index in [4.69, 9.17) is 0 Å². The molecule has 3 nitrogen and oxygen atoms in total. The van der Waals surface area contributed by atoms with Crippen LogP contribution in [0, 0.1) is 20.8 Å². The van der Waals surface area contributed by atoms with Crippen molar-refractivity contribution in [1.82, 2.24) is 15.1 Å². The number of benzene rings is 1. The van der Waals surface area contributed by atoms with Gasteiger partial charge in [-0.05, 0) is 64.3 Å². The molecule has 1 aromatic carbocycles. The second kappa shape index (κ2) is 6.44. The lowest BCUT2D eigenvalue weighted by Gasteiger charge is -2.16. The summed E-state index contributed by atoms with van der Waals surface area (Å²) in [5.41, 5.74) is 7.83. The Morgan fingerprint density at radius 3 is 2.52 bits per heavy atom. The third kappa shape index (κ3) is 3.18. The molecule has 0 saturated carbocycles. The molecule has 0 amide bonds. The molecule has 1 N–H and O–H groups in total. The molecule has 1 atom stereocenters. The van der Waals surface area contributed by atoms with Crippen molar-refractivity contribution in [3.05, 3.63) is 40.7 Å². The molecule has 0 aliphatic carbocycles. The first-order chi connectivity index (χ1) is 9.95. The molecule has 0 aliphatic heterocycles. The Morgan fingerprint density at radius 1 is 1.24 bits per heavy atom. The van der Waals surface area contributed by atoms with Crippen molar-refractivity contribution in [1.29, 1.82) is 0 Å². The zero-order valence-corrected chi connectivity index (χ0v) is 14.1. The number of hydrogen-bond acceptors (Lipinski definition) is 2. The highest BCUT2D eigenvalue weighted by molar-refractivity contribution is 5.73.